The Bertz CT molecular complexity index is 850. The molecule has 0 aliphatic carbocycles. The molecule has 0 saturated carbocycles. The van der Waals surface area contributed by atoms with E-state index in [4.69, 9.17) is 31.5 Å². The zero-order valence-corrected chi connectivity index (χ0v) is 17.8. The molecule has 2 N–H and O–H groups in total. The van der Waals surface area contributed by atoms with E-state index in [0.717, 1.165) is 11.1 Å². The van der Waals surface area contributed by atoms with Crippen molar-refractivity contribution >= 4 is 29.2 Å². The van der Waals surface area contributed by atoms with Crippen molar-refractivity contribution in [3.63, 3.8) is 0 Å². The van der Waals surface area contributed by atoms with E-state index in [1.54, 1.807) is 44.4 Å². The van der Waals surface area contributed by atoms with Crippen LogP contribution >= 0.6 is 11.6 Å². The van der Waals surface area contributed by atoms with Gasteiger partial charge in [0.05, 0.1) is 21.3 Å². The fraction of sp³-hybridized carbons (Fsp3) is 0.364. The van der Waals surface area contributed by atoms with Crippen molar-refractivity contribution in [3.05, 3.63) is 58.6 Å². The van der Waals surface area contributed by atoms with Crippen LogP contribution in [0.1, 0.15) is 30.4 Å². The second-order valence-electron chi connectivity index (χ2n) is 6.68. The second kappa shape index (κ2) is 9.65. The molecule has 7 heteroatoms. The van der Waals surface area contributed by atoms with Crippen LogP contribution in [-0.2, 0) is 25.5 Å². The monoisotopic (exact) mass is 419 g/mol. The Hall–Kier alpha value is -2.73. The van der Waals surface area contributed by atoms with Crippen molar-refractivity contribution in [2.75, 3.05) is 27.1 Å². The first kappa shape index (κ1) is 22.6. The van der Waals surface area contributed by atoms with E-state index in [9.17, 15) is 9.59 Å². The van der Waals surface area contributed by atoms with Crippen LogP contribution in [-0.4, -0.2) is 33.3 Å². The average molecular weight is 420 g/mol. The molecule has 0 saturated heterocycles. The van der Waals surface area contributed by atoms with Crippen LogP contribution in [0.5, 0.6) is 5.75 Å². The first-order chi connectivity index (χ1) is 13.8. The molecule has 0 spiro atoms. The molecule has 1 unspecified atom stereocenters. The number of methoxy groups -OCH3 is 3. The Morgan fingerprint density at radius 3 is 2.10 bits per heavy atom. The van der Waals surface area contributed by atoms with E-state index in [0.29, 0.717) is 16.5 Å². The summed E-state index contributed by atoms with van der Waals surface area (Å²) in [6, 6.07) is 12.3. The van der Waals surface area contributed by atoms with Crippen molar-refractivity contribution in [2.45, 2.75) is 25.7 Å². The highest BCUT2D eigenvalue weighted by atomic mass is 35.5. The van der Waals surface area contributed by atoms with Crippen molar-refractivity contribution < 1.29 is 23.8 Å². The van der Waals surface area contributed by atoms with Crippen molar-refractivity contribution in [1.29, 1.82) is 0 Å². The molecule has 0 bridgehead atoms. The van der Waals surface area contributed by atoms with Crippen LogP contribution in [0.15, 0.2) is 42.5 Å². The largest absolute Gasteiger partial charge is 0.497 e. The van der Waals surface area contributed by atoms with Gasteiger partial charge in [0, 0.05) is 16.6 Å². The number of carbonyl (C=O) groups is 2. The van der Waals surface area contributed by atoms with Gasteiger partial charge in [-0.25, -0.2) is 0 Å². The maximum atomic E-state index is 12.9. The Morgan fingerprint density at radius 1 is 1.03 bits per heavy atom. The van der Waals surface area contributed by atoms with Gasteiger partial charge in [-0.15, -0.1) is 0 Å². The zero-order chi connectivity index (χ0) is 21.6. The van der Waals surface area contributed by atoms with Crippen LogP contribution in [0, 0.1) is 5.41 Å². The number of esters is 2. The maximum absolute atomic E-state index is 12.9. The Kier molecular flexibility index (Phi) is 7.51. The summed E-state index contributed by atoms with van der Waals surface area (Å²) in [5, 5.41) is 0.515. The molecule has 1 atom stereocenters. The minimum Gasteiger partial charge on any atom is -0.497 e. The molecule has 0 radical (unpaired) electrons. The number of carbonyl (C=O) groups excluding carboxylic acids is 2. The van der Waals surface area contributed by atoms with Crippen molar-refractivity contribution in [2.24, 2.45) is 5.41 Å². The smallest absolute Gasteiger partial charge is 0.323 e. The minimum atomic E-state index is -1.55. The molecule has 156 valence electrons. The predicted molar refractivity (Wildman–Crippen MR) is 112 cm³/mol. The number of nitrogen functional groups attached to an aromatic ring is 1. The Morgan fingerprint density at radius 2 is 1.62 bits per heavy atom. The van der Waals surface area contributed by atoms with Gasteiger partial charge in [-0.3, -0.25) is 9.59 Å². The molecule has 2 rings (SSSR count). The van der Waals surface area contributed by atoms with Gasteiger partial charge in [0.25, 0.3) is 0 Å². The number of rotatable bonds is 8. The molecule has 2 aromatic rings. The van der Waals surface area contributed by atoms with Gasteiger partial charge < -0.3 is 19.9 Å². The summed E-state index contributed by atoms with van der Waals surface area (Å²) in [7, 11) is 4.08. The zero-order valence-electron chi connectivity index (χ0n) is 17.0. The third-order valence-electron chi connectivity index (χ3n) is 5.30. The molecule has 0 aromatic heterocycles. The normalized spacial score (nSPS) is 12.2. The lowest BCUT2D eigenvalue weighted by Crippen LogP contribution is -2.46. The van der Waals surface area contributed by atoms with Gasteiger partial charge in [0.1, 0.15) is 5.75 Å². The molecule has 29 heavy (non-hydrogen) atoms. The molecule has 2 aromatic carbocycles. The lowest BCUT2D eigenvalue weighted by molar-refractivity contribution is -0.171. The number of halogens is 1. The first-order valence-corrected chi connectivity index (χ1v) is 9.56. The van der Waals surface area contributed by atoms with Gasteiger partial charge in [-0.1, -0.05) is 30.7 Å². The van der Waals surface area contributed by atoms with Gasteiger partial charge in [0.2, 0.25) is 0 Å². The van der Waals surface area contributed by atoms with Crippen LogP contribution in [0.25, 0.3) is 0 Å². The minimum absolute atomic E-state index is 0.184. The van der Waals surface area contributed by atoms with Gasteiger partial charge in [-0.05, 0) is 54.3 Å². The van der Waals surface area contributed by atoms with Gasteiger partial charge >= 0.3 is 11.9 Å². The fourth-order valence-corrected chi connectivity index (χ4v) is 3.85. The average Bonchev–Trinajstić information content (AvgIpc) is 2.75. The first-order valence-electron chi connectivity index (χ1n) is 9.18. The van der Waals surface area contributed by atoms with Crippen LogP contribution < -0.4 is 10.5 Å². The van der Waals surface area contributed by atoms with E-state index in [1.165, 1.54) is 14.2 Å². The molecule has 0 heterocycles. The summed E-state index contributed by atoms with van der Waals surface area (Å²) in [6.07, 6.45) is 0.472. The lowest BCUT2D eigenvalue weighted by atomic mass is 9.67. The summed E-state index contributed by atoms with van der Waals surface area (Å²) in [4.78, 5) is 25.9. The highest BCUT2D eigenvalue weighted by Crippen LogP contribution is 2.44. The number of benzene rings is 2. The second-order valence-corrected chi connectivity index (χ2v) is 7.12. The number of nitrogens with two attached hydrogens (primary N) is 1. The molecule has 0 aliphatic heterocycles. The number of ether oxygens (including phenoxy) is 3. The lowest BCUT2D eigenvalue weighted by Gasteiger charge is -2.35. The summed E-state index contributed by atoms with van der Waals surface area (Å²) < 4.78 is 15.3. The number of hydrogen-bond donors (Lipinski definition) is 1. The standard InChI is InChI=1S/C22H26ClNO5/c1-5-22(20(25)28-3,21(26)29-4)18(14-6-9-17(27-2)10-7-14)13-15-12-16(23)8-11-19(15)24/h6-12,18H,5,13,24H2,1-4H3. The molecule has 0 amide bonds. The molecular formula is C22H26ClNO5. The van der Waals surface area contributed by atoms with E-state index in [1.807, 2.05) is 12.1 Å². The highest BCUT2D eigenvalue weighted by Gasteiger charge is 2.53. The third-order valence-corrected chi connectivity index (χ3v) is 5.53. The third kappa shape index (κ3) is 4.48. The summed E-state index contributed by atoms with van der Waals surface area (Å²) >= 11 is 6.16. The molecule has 0 fully saturated rings. The maximum Gasteiger partial charge on any atom is 0.323 e. The van der Waals surface area contributed by atoms with Crippen molar-refractivity contribution in [3.8, 4) is 5.75 Å². The molecule has 6 nitrogen and oxygen atoms in total. The van der Waals surface area contributed by atoms with Crippen molar-refractivity contribution in [1.82, 2.24) is 0 Å². The van der Waals surface area contributed by atoms with E-state index >= 15 is 0 Å². The molecule has 0 aliphatic rings. The van der Waals surface area contributed by atoms with Crippen LogP contribution in [0.3, 0.4) is 0 Å². The fourth-order valence-electron chi connectivity index (χ4n) is 3.65. The van der Waals surface area contributed by atoms with Crippen LogP contribution in [0.2, 0.25) is 5.02 Å². The predicted octanol–water partition coefficient (Wildman–Crippen LogP) is 4.00. The summed E-state index contributed by atoms with van der Waals surface area (Å²) in [5.74, 6) is -1.26. The van der Waals surface area contributed by atoms with E-state index in [-0.39, 0.29) is 12.8 Å². The van der Waals surface area contributed by atoms with E-state index in [2.05, 4.69) is 0 Å². The molecular weight excluding hydrogens is 394 g/mol. The topological polar surface area (TPSA) is 87.9 Å². The SMILES string of the molecule is CCC(C(=O)OC)(C(=O)OC)C(Cc1cc(Cl)ccc1N)c1ccc(OC)cc1. The quantitative estimate of drug-likeness (QED) is 0.395. The van der Waals surface area contributed by atoms with E-state index < -0.39 is 23.3 Å². The number of anilines is 1. The summed E-state index contributed by atoms with van der Waals surface area (Å²) in [6.45, 7) is 1.76. The summed E-state index contributed by atoms with van der Waals surface area (Å²) in [5.41, 5.74) is 6.60. The highest BCUT2D eigenvalue weighted by molar-refractivity contribution is 6.30. The van der Waals surface area contributed by atoms with Crippen LogP contribution in [0.4, 0.5) is 5.69 Å². The van der Waals surface area contributed by atoms with Gasteiger partial charge in [0.15, 0.2) is 5.41 Å². The van der Waals surface area contributed by atoms with Gasteiger partial charge in [-0.2, -0.15) is 0 Å². The number of hydrogen-bond acceptors (Lipinski definition) is 6. The Labute approximate surface area is 175 Å². The Balaban J connectivity index is 2.70.